The van der Waals surface area contributed by atoms with Crippen molar-refractivity contribution < 1.29 is 32.1 Å². The van der Waals surface area contributed by atoms with E-state index in [1.165, 1.54) is 16.7 Å². The summed E-state index contributed by atoms with van der Waals surface area (Å²) in [6.45, 7) is 12.8. The molecule has 152 valence electrons. The predicted molar refractivity (Wildman–Crippen MR) is 109 cm³/mol. The van der Waals surface area contributed by atoms with Crippen LogP contribution in [0.1, 0.15) is 6.42 Å². The first-order chi connectivity index (χ1) is 11.5. The van der Waals surface area contributed by atoms with Gasteiger partial charge in [-0.3, -0.25) is 4.57 Å². The quantitative estimate of drug-likeness (QED) is 0.414. The summed E-state index contributed by atoms with van der Waals surface area (Å²) in [4.78, 5) is 20.4. The van der Waals surface area contributed by atoms with Crippen molar-refractivity contribution >= 4 is 34.2 Å². The second kappa shape index (κ2) is 8.28. The lowest BCUT2D eigenvalue weighted by atomic mass is 10.5. The van der Waals surface area contributed by atoms with E-state index in [-0.39, 0.29) is 11.8 Å². The molecule has 0 fully saturated rings. The molecule has 12 heteroatoms. The van der Waals surface area contributed by atoms with Crippen LogP contribution in [0.5, 0.6) is 11.8 Å². The molecule has 0 aliphatic heterocycles. The van der Waals surface area contributed by atoms with Crippen LogP contribution in [0.4, 0.5) is 0 Å². The molecule has 0 saturated heterocycles. The van der Waals surface area contributed by atoms with Crippen LogP contribution in [-0.2, 0) is 18.9 Å². The van der Waals surface area contributed by atoms with E-state index in [0.29, 0.717) is 19.0 Å². The molecule has 1 heterocycles. The predicted octanol–water partition coefficient (Wildman–Crippen LogP) is 2.50. The molecule has 0 radical (unpaired) electrons. The third-order valence-electron chi connectivity index (χ3n) is 3.37. The van der Waals surface area contributed by atoms with Crippen molar-refractivity contribution in [3.8, 4) is 11.8 Å². The molecule has 0 saturated carbocycles. The molecule has 1 atom stereocenters. The second-order valence-electron chi connectivity index (χ2n) is 8.04. The van der Waals surface area contributed by atoms with Crippen molar-refractivity contribution in [1.82, 2.24) is 4.57 Å². The SMILES string of the molecule is C[Si](C)(O)O[Si](C)(C)O[Si](C)(CCCn1c(O)ccc1O)O[Si](C)(C)O. The minimum absolute atomic E-state index is 0.00404. The smallest absolute Gasteiger partial charge is 0.320 e. The van der Waals surface area contributed by atoms with Gasteiger partial charge in [-0.1, -0.05) is 0 Å². The molecule has 26 heavy (non-hydrogen) atoms. The molecule has 4 N–H and O–H groups in total. The average molecular weight is 440 g/mol. The molecule has 1 unspecified atom stereocenters. The van der Waals surface area contributed by atoms with Crippen molar-refractivity contribution in [2.45, 2.75) is 64.8 Å². The summed E-state index contributed by atoms with van der Waals surface area (Å²) in [5.74, 6) is -0.00808. The van der Waals surface area contributed by atoms with Gasteiger partial charge >= 0.3 is 34.2 Å². The molecule has 0 amide bonds. The Hall–Kier alpha value is -0.452. The van der Waals surface area contributed by atoms with Crippen molar-refractivity contribution in [1.29, 1.82) is 0 Å². The Morgan fingerprint density at radius 1 is 0.808 bits per heavy atom. The van der Waals surface area contributed by atoms with Gasteiger partial charge in [-0.15, -0.1) is 0 Å². The van der Waals surface area contributed by atoms with E-state index < -0.39 is 34.2 Å². The van der Waals surface area contributed by atoms with Gasteiger partial charge in [0.05, 0.1) is 0 Å². The summed E-state index contributed by atoms with van der Waals surface area (Å²) < 4.78 is 19.6. The molecule has 0 spiro atoms. The third-order valence-corrected chi connectivity index (χ3v) is 16.0. The Labute approximate surface area is 160 Å². The second-order valence-corrected chi connectivity index (χ2v) is 21.8. The summed E-state index contributed by atoms with van der Waals surface area (Å²) in [5.41, 5.74) is 0. The number of hydrogen-bond donors (Lipinski definition) is 4. The van der Waals surface area contributed by atoms with Gasteiger partial charge in [0.15, 0.2) is 11.8 Å². The standard InChI is InChI=1S/C14H33NO7Si4/c1-23(2,18)20-25(5,6)22-26(7,21-24(3,4)19)12-8-11-15-13(16)9-10-14(15)17/h9-10,16-19H,8,11-12H2,1-7H3. The fourth-order valence-corrected chi connectivity index (χ4v) is 18.9. The Balaban J connectivity index is 2.85. The molecule has 1 aromatic heterocycles. The Bertz CT molecular complexity index is 578. The summed E-state index contributed by atoms with van der Waals surface area (Å²) in [6.07, 6.45) is 0.591. The highest BCUT2D eigenvalue weighted by Gasteiger charge is 2.45. The maximum Gasteiger partial charge on any atom is 0.320 e. The normalized spacial score (nSPS) is 15.9. The summed E-state index contributed by atoms with van der Waals surface area (Å²) in [6, 6.07) is 3.41. The molecule has 0 bridgehead atoms. The van der Waals surface area contributed by atoms with Gasteiger partial charge in [-0.2, -0.15) is 0 Å². The van der Waals surface area contributed by atoms with Crippen LogP contribution in [0.3, 0.4) is 0 Å². The van der Waals surface area contributed by atoms with E-state index in [1.54, 1.807) is 26.2 Å². The highest BCUT2D eigenvalue weighted by Crippen LogP contribution is 2.28. The zero-order chi connectivity index (χ0) is 20.4. The molecular weight excluding hydrogens is 406 g/mol. The van der Waals surface area contributed by atoms with Gasteiger partial charge in [0.25, 0.3) is 0 Å². The Morgan fingerprint density at radius 3 is 1.69 bits per heavy atom. The fourth-order valence-electron chi connectivity index (χ4n) is 3.03. The highest BCUT2D eigenvalue weighted by atomic mass is 28.5. The Kier molecular flexibility index (Phi) is 7.51. The van der Waals surface area contributed by atoms with E-state index in [4.69, 9.17) is 12.3 Å². The van der Waals surface area contributed by atoms with E-state index in [9.17, 15) is 19.8 Å². The lowest BCUT2D eigenvalue weighted by molar-refractivity contribution is 0.271. The fraction of sp³-hybridized carbons (Fsp3) is 0.714. The van der Waals surface area contributed by atoms with Gasteiger partial charge in [0, 0.05) is 18.7 Å². The number of aromatic nitrogens is 1. The van der Waals surface area contributed by atoms with Crippen LogP contribution in [0, 0.1) is 0 Å². The first-order valence-corrected chi connectivity index (χ1v) is 19.7. The largest absolute Gasteiger partial charge is 0.494 e. The van der Waals surface area contributed by atoms with Gasteiger partial charge in [0.2, 0.25) is 0 Å². The van der Waals surface area contributed by atoms with Crippen molar-refractivity contribution in [3.05, 3.63) is 12.1 Å². The van der Waals surface area contributed by atoms with Crippen LogP contribution in [0.15, 0.2) is 12.1 Å². The van der Waals surface area contributed by atoms with Gasteiger partial charge in [0.1, 0.15) is 0 Å². The van der Waals surface area contributed by atoms with Crippen molar-refractivity contribution in [3.63, 3.8) is 0 Å². The van der Waals surface area contributed by atoms with E-state index in [2.05, 4.69) is 0 Å². The molecule has 1 aromatic rings. The summed E-state index contributed by atoms with van der Waals surface area (Å²) in [5, 5.41) is 19.5. The van der Waals surface area contributed by atoms with E-state index in [1.807, 2.05) is 19.6 Å². The zero-order valence-corrected chi connectivity index (χ0v) is 20.7. The van der Waals surface area contributed by atoms with Gasteiger partial charge in [-0.25, -0.2) is 0 Å². The monoisotopic (exact) mass is 439 g/mol. The minimum atomic E-state index is -2.84. The van der Waals surface area contributed by atoms with Crippen molar-refractivity contribution in [2.75, 3.05) is 0 Å². The summed E-state index contributed by atoms with van der Waals surface area (Å²) in [7, 11) is -11.1. The van der Waals surface area contributed by atoms with E-state index in [0.717, 1.165) is 0 Å². The van der Waals surface area contributed by atoms with Crippen LogP contribution in [-0.4, -0.2) is 58.6 Å². The van der Waals surface area contributed by atoms with Crippen molar-refractivity contribution in [2.24, 2.45) is 0 Å². The first kappa shape index (κ1) is 23.6. The first-order valence-electron chi connectivity index (χ1n) is 8.65. The molecule has 0 aromatic carbocycles. The van der Waals surface area contributed by atoms with Crippen LogP contribution in [0.25, 0.3) is 0 Å². The van der Waals surface area contributed by atoms with Crippen LogP contribution < -0.4 is 0 Å². The van der Waals surface area contributed by atoms with Crippen LogP contribution in [0.2, 0.25) is 51.9 Å². The minimum Gasteiger partial charge on any atom is -0.494 e. The molecular formula is C14H33NO7Si4. The average Bonchev–Trinajstić information content (AvgIpc) is 2.63. The van der Waals surface area contributed by atoms with Gasteiger partial charge in [-0.05, 0) is 58.3 Å². The third kappa shape index (κ3) is 8.49. The van der Waals surface area contributed by atoms with Gasteiger partial charge < -0.3 is 32.1 Å². The molecule has 0 aliphatic carbocycles. The molecule has 1 rings (SSSR count). The lowest BCUT2D eigenvalue weighted by Gasteiger charge is -2.40. The summed E-state index contributed by atoms with van der Waals surface area (Å²) >= 11 is 0. The maximum atomic E-state index is 10.3. The zero-order valence-electron chi connectivity index (χ0n) is 16.7. The van der Waals surface area contributed by atoms with Crippen LogP contribution >= 0.6 is 0 Å². The molecule has 0 aliphatic rings. The number of nitrogens with zero attached hydrogens (tertiary/aromatic N) is 1. The number of hydrogen-bond acceptors (Lipinski definition) is 7. The maximum absolute atomic E-state index is 10.3. The molecule has 8 nitrogen and oxygen atoms in total. The Morgan fingerprint density at radius 2 is 1.27 bits per heavy atom. The topological polar surface area (TPSA) is 114 Å². The lowest BCUT2D eigenvalue weighted by Crippen LogP contribution is -2.57. The number of aromatic hydroxyl groups is 2. The highest BCUT2D eigenvalue weighted by molar-refractivity contribution is 6.87. The number of rotatable bonds is 10. The van der Waals surface area contributed by atoms with E-state index >= 15 is 0 Å².